The number of likely N-dealkylation sites (N-methyl/N-ethyl adjacent to an activating group) is 1. The van der Waals surface area contributed by atoms with E-state index in [0.29, 0.717) is 0 Å². The van der Waals surface area contributed by atoms with E-state index in [1.54, 1.807) is 7.05 Å². The topological polar surface area (TPSA) is 63.4 Å². The SMILES string of the molecule is CN([C@@H]1CCCC[C@H]1N)S(C)(=O)=O. The Hall–Kier alpha value is -0.130. The minimum atomic E-state index is -3.08. The zero-order valence-electron chi connectivity index (χ0n) is 8.23. The largest absolute Gasteiger partial charge is 0.326 e. The summed E-state index contributed by atoms with van der Waals surface area (Å²) in [6.45, 7) is 0. The van der Waals surface area contributed by atoms with Crippen LogP contribution in [0.5, 0.6) is 0 Å². The molecule has 0 aliphatic heterocycles. The van der Waals surface area contributed by atoms with Gasteiger partial charge in [-0.3, -0.25) is 0 Å². The molecular formula is C8H18N2O2S. The molecule has 1 fully saturated rings. The van der Waals surface area contributed by atoms with Crippen molar-refractivity contribution in [1.29, 1.82) is 0 Å². The van der Waals surface area contributed by atoms with E-state index in [9.17, 15) is 8.42 Å². The lowest BCUT2D eigenvalue weighted by atomic mass is 9.91. The standard InChI is InChI=1S/C8H18N2O2S/c1-10(13(2,11)12)8-6-4-3-5-7(8)9/h7-8H,3-6,9H2,1-2H3/t7-,8-/m1/s1. The van der Waals surface area contributed by atoms with Crippen LogP contribution in [0.4, 0.5) is 0 Å². The van der Waals surface area contributed by atoms with E-state index in [1.165, 1.54) is 10.6 Å². The van der Waals surface area contributed by atoms with Crippen LogP contribution in [0, 0.1) is 0 Å². The molecule has 2 atom stereocenters. The molecule has 0 bridgehead atoms. The fourth-order valence-corrected chi connectivity index (χ4v) is 2.59. The molecule has 0 aromatic heterocycles. The van der Waals surface area contributed by atoms with E-state index in [1.807, 2.05) is 0 Å². The molecule has 2 N–H and O–H groups in total. The van der Waals surface area contributed by atoms with Crippen molar-refractivity contribution >= 4 is 10.0 Å². The van der Waals surface area contributed by atoms with Crippen LogP contribution < -0.4 is 5.73 Å². The third-order valence-electron chi connectivity index (χ3n) is 2.77. The minimum Gasteiger partial charge on any atom is -0.326 e. The first-order valence-corrected chi connectivity index (χ1v) is 6.46. The Labute approximate surface area is 80.1 Å². The van der Waals surface area contributed by atoms with Crippen molar-refractivity contribution in [3.63, 3.8) is 0 Å². The van der Waals surface area contributed by atoms with E-state index in [4.69, 9.17) is 5.73 Å². The molecule has 0 unspecified atom stereocenters. The predicted octanol–water partition coefficient (Wildman–Crippen LogP) is 0.148. The van der Waals surface area contributed by atoms with Gasteiger partial charge in [-0.15, -0.1) is 0 Å². The van der Waals surface area contributed by atoms with Crippen LogP contribution in [0.25, 0.3) is 0 Å². The third kappa shape index (κ3) is 2.65. The Kier molecular flexibility index (Phi) is 3.32. The lowest BCUT2D eigenvalue weighted by molar-refractivity contribution is 0.253. The number of hydrogen-bond donors (Lipinski definition) is 1. The van der Waals surface area contributed by atoms with Crippen molar-refractivity contribution < 1.29 is 8.42 Å². The van der Waals surface area contributed by atoms with Gasteiger partial charge in [0.2, 0.25) is 10.0 Å². The summed E-state index contributed by atoms with van der Waals surface area (Å²) in [4.78, 5) is 0. The van der Waals surface area contributed by atoms with Crippen molar-refractivity contribution in [2.24, 2.45) is 5.73 Å². The predicted molar refractivity (Wildman–Crippen MR) is 52.8 cm³/mol. The molecule has 0 aromatic rings. The first-order chi connectivity index (χ1) is 5.93. The number of nitrogens with two attached hydrogens (primary N) is 1. The van der Waals surface area contributed by atoms with Crippen LogP contribution >= 0.6 is 0 Å². The summed E-state index contributed by atoms with van der Waals surface area (Å²) >= 11 is 0. The monoisotopic (exact) mass is 206 g/mol. The summed E-state index contributed by atoms with van der Waals surface area (Å²) in [7, 11) is -1.47. The van der Waals surface area contributed by atoms with Gasteiger partial charge in [0.1, 0.15) is 0 Å². The van der Waals surface area contributed by atoms with Gasteiger partial charge in [0.05, 0.1) is 6.26 Å². The Morgan fingerprint density at radius 3 is 2.31 bits per heavy atom. The number of hydrogen-bond acceptors (Lipinski definition) is 3. The maximum atomic E-state index is 11.2. The van der Waals surface area contributed by atoms with Crippen LogP contribution in [0.15, 0.2) is 0 Å². The van der Waals surface area contributed by atoms with E-state index in [0.717, 1.165) is 25.7 Å². The highest BCUT2D eigenvalue weighted by Gasteiger charge is 2.29. The molecule has 0 heterocycles. The van der Waals surface area contributed by atoms with Crippen LogP contribution in [-0.2, 0) is 10.0 Å². The summed E-state index contributed by atoms with van der Waals surface area (Å²) in [6.07, 6.45) is 5.26. The van der Waals surface area contributed by atoms with Gasteiger partial charge in [0, 0.05) is 19.1 Å². The maximum absolute atomic E-state index is 11.2. The Bertz CT molecular complexity index is 263. The van der Waals surface area contributed by atoms with Gasteiger partial charge in [-0.05, 0) is 12.8 Å². The van der Waals surface area contributed by atoms with E-state index in [-0.39, 0.29) is 12.1 Å². The molecule has 1 aliphatic rings. The molecule has 0 radical (unpaired) electrons. The number of nitrogens with zero attached hydrogens (tertiary/aromatic N) is 1. The maximum Gasteiger partial charge on any atom is 0.211 e. The Balaban J connectivity index is 2.70. The summed E-state index contributed by atoms with van der Waals surface area (Å²) in [6, 6.07) is 0.0113. The van der Waals surface area contributed by atoms with Gasteiger partial charge < -0.3 is 5.73 Å². The van der Waals surface area contributed by atoms with E-state index in [2.05, 4.69) is 0 Å². The number of rotatable bonds is 2. The highest BCUT2D eigenvalue weighted by atomic mass is 32.2. The van der Waals surface area contributed by atoms with Gasteiger partial charge in [-0.2, -0.15) is 0 Å². The lowest BCUT2D eigenvalue weighted by Gasteiger charge is -2.34. The first kappa shape index (κ1) is 10.9. The second kappa shape index (κ2) is 3.94. The highest BCUT2D eigenvalue weighted by molar-refractivity contribution is 7.88. The normalized spacial score (nSPS) is 30.8. The van der Waals surface area contributed by atoms with Gasteiger partial charge in [-0.1, -0.05) is 12.8 Å². The van der Waals surface area contributed by atoms with E-state index < -0.39 is 10.0 Å². The Morgan fingerprint density at radius 2 is 1.85 bits per heavy atom. The zero-order valence-corrected chi connectivity index (χ0v) is 9.05. The lowest BCUT2D eigenvalue weighted by Crippen LogP contribution is -2.49. The summed E-state index contributed by atoms with van der Waals surface area (Å²) < 4.78 is 23.9. The second-order valence-electron chi connectivity index (χ2n) is 3.79. The fraction of sp³-hybridized carbons (Fsp3) is 1.00. The molecule has 0 spiro atoms. The van der Waals surface area contributed by atoms with Crippen molar-refractivity contribution in [1.82, 2.24) is 4.31 Å². The second-order valence-corrected chi connectivity index (χ2v) is 5.84. The van der Waals surface area contributed by atoms with Crippen molar-refractivity contribution in [3.05, 3.63) is 0 Å². The highest BCUT2D eigenvalue weighted by Crippen LogP contribution is 2.22. The molecule has 1 saturated carbocycles. The fourth-order valence-electron chi connectivity index (χ4n) is 1.84. The molecule has 1 aliphatic carbocycles. The average Bonchev–Trinajstić information content (AvgIpc) is 2.02. The average molecular weight is 206 g/mol. The van der Waals surface area contributed by atoms with Gasteiger partial charge in [-0.25, -0.2) is 12.7 Å². The van der Waals surface area contributed by atoms with Crippen LogP contribution in [0.2, 0.25) is 0 Å². The molecular weight excluding hydrogens is 188 g/mol. The summed E-state index contributed by atoms with van der Waals surface area (Å²) in [5.41, 5.74) is 5.87. The number of sulfonamides is 1. The molecule has 0 saturated heterocycles. The first-order valence-electron chi connectivity index (χ1n) is 4.61. The molecule has 13 heavy (non-hydrogen) atoms. The zero-order chi connectivity index (χ0) is 10.1. The molecule has 0 amide bonds. The quantitative estimate of drug-likeness (QED) is 0.699. The molecule has 0 aromatic carbocycles. The minimum absolute atomic E-state index is 0.00347. The van der Waals surface area contributed by atoms with Crippen LogP contribution in [-0.4, -0.2) is 38.1 Å². The van der Waals surface area contributed by atoms with Gasteiger partial charge >= 0.3 is 0 Å². The van der Waals surface area contributed by atoms with Gasteiger partial charge in [0.25, 0.3) is 0 Å². The molecule has 1 rings (SSSR count). The summed E-state index contributed by atoms with van der Waals surface area (Å²) in [5, 5.41) is 0. The molecule has 5 heteroatoms. The molecule has 78 valence electrons. The Morgan fingerprint density at radius 1 is 1.31 bits per heavy atom. The van der Waals surface area contributed by atoms with Gasteiger partial charge in [0.15, 0.2) is 0 Å². The smallest absolute Gasteiger partial charge is 0.211 e. The summed E-state index contributed by atoms with van der Waals surface area (Å²) in [5.74, 6) is 0. The van der Waals surface area contributed by atoms with Crippen molar-refractivity contribution in [2.75, 3.05) is 13.3 Å². The van der Waals surface area contributed by atoms with Crippen LogP contribution in [0.3, 0.4) is 0 Å². The molecule has 4 nitrogen and oxygen atoms in total. The van der Waals surface area contributed by atoms with Crippen LogP contribution in [0.1, 0.15) is 25.7 Å². The van der Waals surface area contributed by atoms with E-state index >= 15 is 0 Å². The third-order valence-corrected chi connectivity index (χ3v) is 4.09. The van der Waals surface area contributed by atoms with Crippen molar-refractivity contribution in [2.45, 2.75) is 37.8 Å². The van der Waals surface area contributed by atoms with Crippen molar-refractivity contribution in [3.8, 4) is 0 Å².